The van der Waals surface area contributed by atoms with Crippen LogP contribution in [0.4, 0.5) is 0 Å². The van der Waals surface area contributed by atoms with Crippen molar-refractivity contribution < 1.29 is 14.7 Å². The number of carbonyl (C=O) groups excluding carboxylic acids is 1. The van der Waals surface area contributed by atoms with Crippen molar-refractivity contribution in [1.29, 1.82) is 0 Å². The molecule has 1 amide bonds. The van der Waals surface area contributed by atoms with Gasteiger partial charge in [0.1, 0.15) is 6.04 Å². The smallest absolute Gasteiger partial charge is 0.326 e. The Kier molecular flexibility index (Phi) is 7.72. The lowest BCUT2D eigenvalue weighted by molar-refractivity contribution is -0.143. The lowest BCUT2D eigenvalue weighted by Gasteiger charge is -2.30. The molecule has 1 heterocycles. The zero-order valence-electron chi connectivity index (χ0n) is 13.6. The second-order valence-corrected chi connectivity index (χ2v) is 6.40. The molecule has 1 aliphatic rings. The van der Waals surface area contributed by atoms with Crippen molar-refractivity contribution in [1.82, 2.24) is 10.2 Å². The molecule has 0 aromatic rings. The van der Waals surface area contributed by atoms with E-state index in [2.05, 4.69) is 17.1 Å². The van der Waals surface area contributed by atoms with Crippen molar-refractivity contribution in [2.45, 2.75) is 58.9 Å². The number of hydrogen-bond donors (Lipinski definition) is 2. The number of carboxylic acids is 1. The Balaban J connectivity index is 2.25. The van der Waals surface area contributed by atoms with Crippen LogP contribution in [0.5, 0.6) is 0 Å². The highest BCUT2D eigenvalue weighted by atomic mass is 16.4. The molecule has 2 N–H and O–H groups in total. The molecule has 0 radical (unpaired) electrons. The maximum Gasteiger partial charge on any atom is 0.326 e. The van der Waals surface area contributed by atoms with Gasteiger partial charge in [0.05, 0.1) is 0 Å². The molecule has 0 bridgehead atoms. The van der Waals surface area contributed by atoms with Gasteiger partial charge in [-0.1, -0.05) is 27.2 Å². The van der Waals surface area contributed by atoms with Crippen molar-refractivity contribution in [3.63, 3.8) is 0 Å². The van der Waals surface area contributed by atoms with Crippen LogP contribution in [0.2, 0.25) is 0 Å². The first-order chi connectivity index (χ1) is 9.93. The fourth-order valence-electron chi connectivity index (χ4n) is 2.68. The van der Waals surface area contributed by atoms with E-state index in [1.165, 1.54) is 12.8 Å². The molecule has 2 atom stereocenters. The van der Waals surface area contributed by atoms with E-state index >= 15 is 0 Å². The standard InChI is InChI=1S/C16H30N2O3/c1-4-13(3)15(16(20)21)17-14(19)6-5-9-18-10-7-12(2)8-11-18/h12-13,15H,4-11H2,1-3H3,(H,17,19)(H,20,21). The summed E-state index contributed by atoms with van der Waals surface area (Å²) in [7, 11) is 0. The minimum Gasteiger partial charge on any atom is -0.480 e. The Morgan fingerprint density at radius 1 is 1.33 bits per heavy atom. The van der Waals surface area contributed by atoms with Gasteiger partial charge in [0.15, 0.2) is 0 Å². The molecule has 1 rings (SSSR count). The van der Waals surface area contributed by atoms with Crippen LogP contribution in [-0.2, 0) is 9.59 Å². The molecule has 21 heavy (non-hydrogen) atoms. The predicted octanol–water partition coefficient (Wildman–Crippen LogP) is 2.11. The van der Waals surface area contributed by atoms with Crippen molar-refractivity contribution in [2.24, 2.45) is 11.8 Å². The van der Waals surface area contributed by atoms with Crippen molar-refractivity contribution in [3.05, 3.63) is 0 Å². The first-order valence-corrected chi connectivity index (χ1v) is 8.18. The van der Waals surface area contributed by atoms with E-state index in [0.29, 0.717) is 6.42 Å². The van der Waals surface area contributed by atoms with Crippen LogP contribution in [0.1, 0.15) is 52.9 Å². The van der Waals surface area contributed by atoms with E-state index in [-0.39, 0.29) is 11.8 Å². The quantitative estimate of drug-likeness (QED) is 0.720. The molecule has 0 spiro atoms. The summed E-state index contributed by atoms with van der Waals surface area (Å²) in [6.07, 6.45) is 4.42. The number of aliphatic carboxylic acids is 1. The molecule has 2 unspecified atom stereocenters. The average Bonchev–Trinajstić information content (AvgIpc) is 2.45. The normalized spacial score (nSPS) is 20.0. The maximum absolute atomic E-state index is 11.9. The fraction of sp³-hybridized carbons (Fsp3) is 0.875. The summed E-state index contributed by atoms with van der Waals surface area (Å²) < 4.78 is 0. The number of likely N-dealkylation sites (tertiary alicyclic amines) is 1. The first-order valence-electron chi connectivity index (χ1n) is 8.18. The molecular weight excluding hydrogens is 268 g/mol. The highest BCUT2D eigenvalue weighted by molar-refractivity contribution is 5.83. The summed E-state index contributed by atoms with van der Waals surface area (Å²) in [5, 5.41) is 11.8. The Labute approximate surface area is 128 Å². The highest BCUT2D eigenvalue weighted by Gasteiger charge is 2.25. The number of piperidine rings is 1. The van der Waals surface area contributed by atoms with E-state index < -0.39 is 12.0 Å². The second kappa shape index (κ2) is 9.03. The minimum atomic E-state index is -0.942. The molecule has 0 saturated carbocycles. The van der Waals surface area contributed by atoms with Gasteiger partial charge in [0.25, 0.3) is 0 Å². The average molecular weight is 298 g/mol. The van der Waals surface area contributed by atoms with Crippen LogP contribution in [0.25, 0.3) is 0 Å². The summed E-state index contributed by atoms with van der Waals surface area (Å²) in [6, 6.07) is -0.765. The van der Waals surface area contributed by atoms with Crippen molar-refractivity contribution in [2.75, 3.05) is 19.6 Å². The van der Waals surface area contributed by atoms with Gasteiger partial charge in [-0.25, -0.2) is 4.79 Å². The highest BCUT2D eigenvalue weighted by Crippen LogP contribution is 2.16. The number of nitrogens with zero attached hydrogens (tertiary/aromatic N) is 1. The molecule has 1 aliphatic heterocycles. The monoisotopic (exact) mass is 298 g/mol. The van der Waals surface area contributed by atoms with Crippen LogP contribution >= 0.6 is 0 Å². The van der Waals surface area contributed by atoms with E-state index in [9.17, 15) is 9.59 Å². The summed E-state index contributed by atoms with van der Waals surface area (Å²) in [4.78, 5) is 25.4. The van der Waals surface area contributed by atoms with Crippen LogP contribution in [-0.4, -0.2) is 47.6 Å². The van der Waals surface area contributed by atoms with Gasteiger partial charge in [-0.3, -0.25) is 4.79 Å². The molecule has 0 aromatic carbocycles. The Hall–Kier alpha value is -1.10. The Bertz CT molecular complexity index is 338. The zero-order valence-corrected chi connectivity index (χ0v) is 13.6. The number of amides is 1. The number of carbonyl (C=O) groups is 2. The number of carboxylic acid groups (broad SMARTS) is 1. The molecular formula is C16H30N2O3. The summed E-state index contributed by atoms with van der Waals surface area (Å²) in [5.41, 5.74) is 0. The van der Waals surface area contributed by atoms with Gasteiger partial charge < -0.3 is 15.3 Å². The van der Waals surface area contributed by atoms with Crippen molar-refractivity contribution >= 4 is 11.9 Å². The van der Waals surface area contributed by atoms with Gasteiger partial charge >= 0.3 is 5.97 Å². The summed E-state index contributed by atoms with van der Waals surface area (Å²) in [5.74, 6) is -0.317. The molecule has 5 heteroatoms. The number of hydrogen-bond acceptors (Lipinski definition) is 3. The third-order valence-corrected chi connectivity index (χ3v) is 4.55. The summed E-state index contributed by atoms with van der Waals surface area (Å²) >= 11 is 0. The third kappa shape index (κ3) is 6.46. The molecule has 0 aromatic heterocycles. The van der Waals surface area contributed by atoms with Crippen LogP contribution in [0.15, 0.2) is 0 Å². The maximum atomic E-state index is 11.9. The van der Waals surface area contributed by atoms with Crippen LogP contribution in [0.3, 0.4) is 0 Å². The Morgan fingerprint density at radius 2 is 1.95 bits per heavy atom. The predicted molar refractivity (Wildman–Crippen MR) is 83.1 cm³/mol. The first kappa shape index (κ1) is 18.0. The van der Waals surface area contributed by atoms with Crippen LogP contribution < -0.4 is 5.32 Å². The third-order valence-electron chi connectivity index (χ3n) is 4.55. The van der Waals surface area contributed by atoms with Gasteiger partial charge in [-0.2, -0.15) is 0 Å². The topological polar surface area (TPSA) is 69.6 Å². The molecule has 1 fully saturated rings. The SMILES string of the molecule is CCC(C)C(NC(=O)CCCN1CCC(C)CC1)C(=O)O. The van der Waals surface area contributed by atoms with Crippen molar-refractivity contribution in [3.8, 4) is 0 Å². The largest absolute Gasteiger partial charge is 0.480 e. The van der Waals surface area contributed by atoms with E-state index in [1.807, 2.05) is 13.8 Å². The lowest BCUT2D eigenvalue weighted by Crippen LogP contribution is -2.45. The Morgan fingerprint density at radius 3 is 2.48 bits per heavy atom. The van der Waals surface area contributed by atoms with E-state index in [1.54, 1.807) is 0 Å². The van der Waals surface area contributed by atoms with Gasteiger partial charge in [-0.15, -0.1) is 0 Å². The molecule has 0 aliphatic carbocycles. The van der Waals surface area contributed by atoms with Gasteiger partial charge in [0, 0.05) is 6.42 Å². The fourth-order valence-corrected chi connectivity index (χ4v) is 2.68. The summed E-state index contributed by atoms with van der Waals surface area (Å²) in [6.45, 7) is 9.24. The second-order valence-electron chi connectivity index (χ2n) is 6.40. The molecule has 1 saturated heterocycles. The van der Waals surface area contributed by atoms with Crippen LogP contribution in [0, 0.1) is 11.8 Å². The number of nitrogens with one attached hydrogen (secondary N) is 1. The number of rotatable bonds is 8. The zero-order chi connectivity index (χ0) is 15.8. The van der Waals surface area contributed by atoms with Gasteiger partial charge in [0.2, 0.25) is 5.91 Å². The van der Waals surface area contributed by atoms with Gasteiger partial charge in [-0.05, 0) is 50.7 Å². The lowest BCUT2D eigenvalue weighted by atomic mass is 9.98. The minimum absolute atomic E-state index is 0.0463. The van der Waals surface area contributed by atoms with E-state index in [4.69, 9.17) is 5.11 Å². The molecule has 5 nitrogen and oxygen atoms in total. The van der Waals surface area contributed by atoms with E-state index in [0.717, 1.165) is 38.4 Å². The molecule has 122 valence electrons.